The number of hydrogen-bond acceptors (Lipinski definition) is 30. The van der Waals surface area contributed by atoms with Crippen LogP contribution in [0.15, 0.2) is 255 Å². The minimum absolute atomic E-state index is 0.0192. The average molecular weight is 2040 g/mol. The Kier molecular flexibility index (Phi) is 30.8. The molecule has 0 spiro atoms. The standard InChI is InChI=1S/C108H96Cl6N24O6/c1-7-13-52-133-79-22-19-23-80(64-79)134(53-14-8-2)98-116-92(110)122-104(128-98)140-86-42-30-68(31-43-86)76-61-77-63-78(62-76)72-38-50-90(51-39-72)144-108-126-96(114)120-102(132-108)138(57-18-12-6)84-27-21-25-82(66-84)136(55-16-10-4)100-118-94(112)124-106(130-100)142-88-46-34-70(35-47-88)75-59-73(67-28-40-85(41-29-67)139-103-121-91(109)115-97(133)127-103)58-74(60-75)69-32-44-87(45-33-69)141-105-123-93(111)117-99(129-105)135(54-15-9-3)81-24-20-26-83(65-81)137(56-17-11-5)101-119-95(113)125-107(131-101)143-89-48-36-71(77)37-49-89/h19-51,58-66H,7-18,52-57H2,1-6H3. The molecule has 30 nitrogen and oxygen atoms in total. The Balaban J connectivity index is 0.762. The highest BCUT2D eigenvalue weighted by Crippen LogP contribution is 2.44. The van der Waals surface area contributed by atoms with E-state index in [0.717, 1.165) is 178 Å². The van der Waals surface area contributed by atoms with Crippen LogP contribution in [0, 0.1) is 0 Å². The lowest BCUT2D eigenvalue weighted by Crippen LogP contribution is -2.24. The molecule has 17 aromatic rings. The summed E-state index contributed by atoms with van der Waals surface area (Å²) in [6.45, 7) is 15.8. The van der Waals surface area contributed by atoms with Crippen LogP contribution in [-0.4, -0.2) is 129 Å². The van der Waals surface area contributed by atoms with Gasteiger partial charge in [0.15, 0.2) is 0 Å². The van der Waals surface area contributed by atoms with E-state index >= 15 is 0 Å². The van der Waals surface area contributed by atoms with E-state index in [1.807, 2.05) is 248 Å². The van der Waals surface area contributed by atoms with Crippen LogP contribution in [0.4, 0.5) is 69.8 Å². The summed E-state index contributed by atoms with van der Waals surface area (Å²) >= 11 is 41.5. The van der Waals surface area contributed by atoms with Gasteiger partial charge in [0.25, 0.3) is 0 Å². The lowest BCUT2D eigenvalue weighted by atomic mass is 9.93. The van der Waals surface area contributed by atoms with Crippen LogP contribution in [-0.2, 0) is 0 Å². The third-order valence-corrected chi connectivity index (χ3v) is 24.9. The van der Waals surface area contributed by atoms with E-state index < -0.39 is 0 Å². The lowest BCUT2D eigenvalue weighted by Gasteiger charge is -2.27. The van der Waals surface area contributed by atoms with Crippen LogP contribution in [0.2, 0.25) is 31.7 Å². The highest BCUT2D eigenvalue weighted by atomic mass is 35.5. The van der Waals surface area contributed by atoms with Gasteiger partial charge in [0.2, 0.25) is 67.4 Å². The average Bonchev–Trinajstić information content (AvgIpc) is 0.798. The number of benzene rings is 11. The molecule has 27 heterocycles. The molecular weight excluding hydrogens is 1940 g/mol. The maximum Gasteiger partial charge on any atom is 0.328 e. The molecule has 0 radical (unpaired) electrons. The van der Waals surface area contributed by atoms with Crippen molar-refractivity contribution in [3.8, 4) is 137 Å². The molecular formula is C108H96Cl6N24O6. The van der Waals surface area contributed by atoms with Gasteiger partial charge >= 0.3 is 36.1 Å². The molecule has 11 aromatic carbocycles. The Morgan fingerprint density at radius 2 is 0.319 bits per heavy atom. The molecule has 0 aliphatic carbocycles. The van der Waals surface area contributed by atoms with Crippen molar-refractivity contribution in [3.05, 3.63) is 286 Å². The Hall–Kier alpha value is -15.2. The molecule has 144 heavy (non-hydrogen) atoms. The van der Waals surface area contributed by atoms with Crippen molar-refractivity contribution in [1.29, 1.82) is 0 Å². The Morgan fingerprint density at radius 1 is 0.174 bits per heavy atom. The molecule has 0 amide bonds. The van der Waals surface area contributed by atoms with Crippen molar-refractivity contribution < 1.29 is 28.4 Å². The van der Waals surface area contributed by atoms with Crippen molar-refractivity contribution in [2.45, 2.75) is 119 Å². The predicted octanol–water partition coefficient (Wildman–Crippen LogP) is 29.7. The number of unbranched alkanes of at least 4 members (excludes halogenated alkanes) is 6. The second-order valence-electron chi connectivity index (χ2n) is 34.1. The van der Waals surface area contributed by atoms with Gasteiger partial charge in [0, 0.05) is 73.4 Å². The van der Waals surface area contributed by atoms with Crippen molar-refractivity contribution >= 4 is 139 Å². The summed E-state index contributed by atoms with van der Waals surface area (Å²) in [5, 5.41) is -0.422. The zero-order chi connectivity index (χ0) is 99.1. The van der Waals surface area contributed by atoms with Gasteiger partial charge in [-0.3, -0.25) is 0 Å². The van der Waals surface area contributed by atoms with E-state index in [0.29, 0.717) is 73.8 Å². The summed E-state index contributed by atoms with van der Waals surface area (Å²) in [4.78, 5) is 97.1. The first kappa shape index (κ1) is 97.6. The minimum Gasteiger partial charge on any atom is -0.424 e. The van der Waals surface area contributed by atoms with E-state index in [1.165, 1.54) is 0 Å². The summed E-state index contributed by atoms with van der Waals surface area (Å²) < 4.78 is 39.3. The normalized spacial score (nSPS) is 12.5. The summed E-state index contributed by atoms with van der Waals surface area (Å²) in [6.07, 6.45) is 9.73. The molecule has 726 valence electrons. The number of aromatic nitrogens is 18. The van der Waals surface area contributed by atoms with E-state index in [-0.39, 0.29) is 103 Å². The second-order valence-corrected chi connectivity index (χ2v) is 36.1. The topological polar surface area (TPSA) is 307 Å². The van der Waals surface area contributed by atoms with Gasteiger partial charge in [-0.05, 0) is 339 Å². The smallest absolute Gasteiger partial charge is 0.328 e. The molecule has 36 heteroatoms. The number of anilines is 12. The van der Waals surface area contributed by atoms with E-state index in [9.17, 15) is 0 Å². The zero-order valence-electron chi connectivity index (χ0n) is 79.4. The fourth-order valence-electron chi connectivity index (χ4n) is 16.6. The summed E-state index contributed by atoms with van der Waals surface area (Å²) in [6, 6.07) is 82.6. The van der Waals surface area contributed by atoms with Crippen LogP contribution < -0.4 is 57.8 Å². The third kappa shape index (κ3) is 23.7. The number of hydrogen-bond donors (Lipinski definition) is 0. The molecule has 0 saturated carbocycles. The maximum atomic E-state index is 6.91. The molecule has 6 aromatic heterocycles. The first-order chi connectivity index (χ1) is 70.3. The quantitative estimate of drug-likeness (QED) is 0.0770. The molecule has 0 fully saturated rings. The Morgan fingerprint density at radius 3 is 0.458 bits per heavy atom. The van der Waals surface area contributed by atoms with Gasteiger partial charge in [-0.15, -0.1) is 0 Å². The van der Waals surface area contributed by atoms with Crippen molar-refractivity contribution in [2.75, 3.05) is 68.7 Å². The fraction of sp³-hybridized carbons (Fsp3) is 0.222. The van der Waals surface area contributed by atoms with Crippen LogP contribution >= 0.6 is 69.6 Å². The van der Waals surface area contributed by atoms with Crippen molar-refractivity contribution in [1.82, 2.24) is 89.7 Å². The number of rotatable bonds is 18. The lowest BCUT2D eigenvalue weighted by molar-refractivity contribution is 0.439. The van der Waals surface area contributed by atoms with Crippen LogP contribution in [0.3, 0.4) is 0 Å². The molecule has 0 N–H and O–H groups in total. The Bertz CT molecular complexity index is 6280. The molecule has 0 saturated heterocycles. The largest absolute Gasteiger partial charge is 0.424 e. The SMILES string of the molecule is CCCCN1c2cccc(c2)N(CCCC)c2nc(Cl)nc(n2)Oc2ccc(cc2)-c2cc3cc(c2)-c2ccc(cc2)Oc2nc(Cl)nc(n2)N(CCCC)c2cccc(c2)N(CCCC)c2nc(Cl)nc(n2)Oc2ccc(cc2)-c2cc(cc(c2)-c2ccc(cc2)Oc2nc(Cl)nc(n2)N(CCCC)c2cccc(c2)N(CCCC)c2nc(Cl)nc(n2)Oc2ccc-3cc2)-c2ccc(cc2)Oc2nc(Cl)nc1n2. The molecule has 0 unspecified atom stereocenters. The van der Waals surface area contributed by atoms with Crippen molar-refractivity contribution in [3.63, 3.8) is 0 Å². The van der Waals surface area contributed by atoms with Gasteiger partial charge in [-0.1, -0.05) is 171 Å². The van der Waals surface area contributed by atoms with Gasteiger partial charge in [0.1, 0.15) is 34.5 Å². The number of halogens is 6. The third-order valence-electron chi connectivity index (χ3n) is 23.9. The Labute approximate surface area is 862 Å². The molecule has 21 aliphatic rings. The first-order valence-corrected chi connectivity index (χ1v) is 50.1. The van der Waals surface area contributed by atoms with Gasteiger partial charge in [0.05, 0.1) is 0 Å². The van der Waals surface area contributed by atoms with Crippen LogP contribution in [0.25, 0.3) is 66.8 Å². The van der Waals surface area contributed by atoms with E-state index in [1.54, 1.807) is 0 Å². The van der Waals surface area contributed by atoms with Crippen molar-refractivity contribution in [2.24, 2.45) is 0 Å². The molecule has 38 rings (SSSR count). The molecule has 0 atom stereocenters. The van der Waals surface area contributed by atoms with Gasteiger partial charge < -0.3 is 57.8 Å². The highest BCUT2D eigenvalue weighted by Gasteiger charge is 2.28. The molecule has 21 aliphatic heterocycles. The second kappa shape index (κ2) is 45.4. The monoisotopic (exact) mass is 2030 g/mol. The van der Waals surface area contributed by atoms with E-state index in [4.69, 9.17) is 158 Å². The maximum absolute atomic E-state index is 6.91. The first-order valence-electron chi connectivity index (χ1n) is 47.8. The fourth-order valence-corrected chi connectivity index (χ4v) is 17.4. The zero-order valence-corrected chi connectivity index (χ0v) is 84.0. The number of nitrogens with zero attached hydrogens (tertiary/aromatic N) is 24. The summed E-state index contributed by atoms with van der Waals surface area (Å²) in [7, 11) is 0. The summed E-state index contributed by atoms with van der Waals surface area (Å²) in [5.74, 6) is 4.22. The molecule has 36 bridgehead atoms. The highest BCUT2D eigenvalue weighted by molar-refractivity contribution is 6.30. The number of ether oxygens (including phenoxy) is 6. The van der Waals surface area contributed by atoms with E-state index in [2.05, 4.69) is 108 Å². The van der Waals surface area contributed by atoms with Gasteiger partial charge in [-0.2, -0.15) is 89.7 Å². The summed E-state index contributed by atoms with van der Waals surface area (Å²) in [5.41, 5.74) is 14.9. The van der Waals surface area contributed by atoms with Gasteiger partial charge in [-0.25, -0.2) is 0 Å². The van der Waals surface area contributed by atoms with Crippen LogP contribution in [0.5, 0.6) is 70.6 Å². The predicted molar refractivity (Wildman–Crippen MR) is 566 cm³/mol. The van der Waals surface area contributed by atoms with Crippen LogP contribution in [0.1, 0.15) is 119 Å². The minimum atomic E-state index is -0.0703.